The minimum absolute atomic E-state index is 0.0976. The van der Waals surface area contributed by atoms with Crippen LogP contribution in [0.2, 0.25) is 5.02 Å². The fraction of sp³-hybridized carbons (Fsp3) is 0.222. The van der Waals surface area contributed by atoms with Crippen LogP contribution in [-0.4, -0.2) is 17.4 Å². The van der Waals surface area contributed by atoms with Crippen molar-refractivity contribution in [3.8, 4) is 11.5 Å². The molecule has 2 rings (SSSR count). The molecule has 0 bridgehead atoms. The van der Waals surface area contributed by atoms with E-state index in [1.54, 1.807) is 56.3 Å². The Morgan fingerprint density at radius 2 is 1.65 bits per heavy atom. The van der Waals surface area contributed by atoms with Gasteiger partial charge in [-0.3, -0.25) is 4.79 Å². The molecular weight excluding hydrogens is 316 g/mol. The Balaban J connectivity index is 2.10. The molecule has 0 fully saturated rings. The summed E-state index contributed by atoms with van der Waals surface area (Å²) in [5.41, 5.74) is -0.716. The molecule has 23 heavy (non-hydrogen) atoms. The highest BCUT2D eigenvalue weighted by molar-refractivity contribution is 6.30. The lowest BCUT2D eigenvalue weighted by molar-refractivity contribution is -0.149. The van der Waals surface area contributed by atoms with Crippen LogP contribution in [0, 0.1) is 0 Å². The molecule has 0 N–H and O–H groups in total. The van der Waals surface area contributed by atoms with Crippen molar-refractivity contribution in [2.75, 3.05) is 0 Å². The molecule has 5 heteroatoms. The van der Waals surface area contributed by atoms with Crippen LogP contribution in [-0.2, 0) is 4.79 Å². The highest BCUT2D eigenvalue weighted by Gasteiger charge is 2.32. The van der Waals surface area contributed by atoms with Crippen molar-refractivity contribution in [2.24, 2.45) is 0 Å². The summed E-state index contributed by atoms with van der Waals surface area (Å²) in [6.45, 7) is 4.67. The maximum Gasteiger partial charge on any atom is 0.355 e. The molecule has 0 amide bonds. The summed E-state index contributed by atoms with van der Waals surface area (Å²) in [4.78, 5) is 23.7. The number of Topliss-reactive ketones (excluding diaryl/α,β-unsaturated/α-hetero) is 1. The lowest BCUT2D eigenvalue weighted by atomic mass is 10.1. The largest absolute Gasteiger partial charge is 0.476 e. The smallest absolute Gasteiger partial charge is 0.355 e. The van der Waals surface area contributed by atoms with Crippen molar-refractivity contribution in [1.82, 2.24) is 0 Å². The third-order valence-corrected chi connectivity index (χ3v) is 3.38. The first-order chi connectivity index (χ1) is 10.8. The average Bonchev–Trinajstić information content (AvgIpc) is 2.49. The predicted octanol–water partition coefficient (Wildman–Crippen LogP) is 4.31. The normalized spacial score (nSPS) is 11.0. The van der Waals surface area contributed by atoms with E-state index in [0.29, 0.717) is 22.1 Å². The van der Waals surface area contributed by atoms with Crippen molar-refractivity contribution < 1.29 is 19.1 Å². The van der Waals surface area contributed by atoms with Gasteiger partial charge in [0, 0.05) is 10.6 Å². The minimum Gasteiger partial charge on any atom is -0.476 e. The van der Waals surface area contributed by atoms with E-state index in [1.165, 1.54) is 13.0 Å². The third kappa shape index (κ3) is 4.57. The van der Waals surface area contributed by atoms with E-state index in [-0.39, 0.29) is 5.78 Å². The second-order valence-electron chi connectivity index (χ2n) is 5.54. The number of ether oxygens (including phenoxy) is 2. The van der Waals surface area contributed by atoms with E-state index < -0.39 is 11.6 Å². The van der Waals surface area contributed by atoms with Gasteiger partial charge in [-0.05, 0) is 57.2 Å². The zero-order valence-electron chi connectivity index (χ0n) is 13.1. The van der Waals surface area contributed by atoms with Crippen LogP contribution >= 0.6 is 11.6 Å². The average molecular weight is 333 g/mol. The molecule has 2 aromatic carbocycles. The molecule has 0 aliphatic heterocycles. The molecule has 0 atom stereocenters. The number of hydrogen-bond donors (Lipinski definition) is 0. The van der Waals surface area contributed by atoms with Gasteiger partial charge in [-0.25, -0.2) is 4.79 Å². The molecule has 2 aromatic rings. The molecule has 0 saturated heterocycles. The van der Waals surface area contributed by atoms with Gasteiger partial charge in [-0.15, -0.1) is 0 Å². The van der Waals surface area contributed by atoms with Gasteiger partial charge in [-0.1, -0.05) is 23.7 Å². The molecule has 4 nitrogen and oxygen atoms in total. The lowest BCUT2D eigenvalue weighted by Gasteiger charge is -2.24. The van der Waals surface area contributed by atoms with Crippen molar-refractivity contribution in [3.63, 3.8) is 0 Å². The molecule has 0 unspecified atom stereocenters. The van der Waals surface area contributed by atoms with Gasteiger partial charge in [0.15, 0.2) is 5.78 Å². The number of benzene rings is 2. The summed E-state index contributed by atoms with van der Waals surface area (Å²) in [5.74, 6) is 0.150. The number of carbonyl (C=O) groups excluding carboxylic acids is 2. The van der Waals surface area contributed by atoms with E-state index >= 15 is 0 Å². The first-order valence-electron chi connectivity index (χ1n) is 7.06. The third-order valence-electron chi connectivity index (χ3n) is 3.13. The first-order valence-corrected chi connectivity index (χ1v) is 7.43. The summed E-state index contributed by atoms with van der Waals surface area (Å²) >= 11 is 5.82. The fourth-order valence-corrected chi connectivity index (χ4v) is 1.97. The Kier molecular flexibility index (Phi) is 5.06. The van der Waals surface area contributed by atoms with Crippen LogP contribution in [0.4, 0.5) is 0 Å². The van der Waals surface area contributed by atoms with Crippen LogP contribution in [0.1, 0.15) is 31.1 Å². The topological polar surface area (TPSA) is 52.6 Å². The van der Waals surface area contributed by atoms with Crippen LogP contribution in [0.25, 0.3) is 0 Å². The summed E-state index contributed by atoms with van der Waals surface area (Å²) < 4.78 is 11.0. The highest BCUT2D eigenvalue weighted by atomic mass is 35.5. The van der Waals surface area contributed by atoms with Gasteiger partial charge in [0.05, 0.1) is 0 Å². The van der Waals surface area contributed by atoms with Gasteiger partial charge in [0.2, 0.25) is 5.60 Å². The molecule has 0 aliphatic rings. The quantitative estimate of drug-likeness (QED) is 0.465. The van der Waals surface area contributed by atoms with Crippen LogP contribution in [0.5, 0.6) is 11.5 Å². The number of ketones is 1. The molecule has 0 heterocycles. The molecular formula is C18H17ClO4. The highest BCUT2D eigenvalue weighted by Crippen LogP contribution is 2.23. The van der Waals surface area contributed by atoms with Crippen LogP contribution in [0.3, 0.4) is 0 Å². The molecule has 0 spiro atoms. The number of rotatable bonds is 5. The van der Waals surface area contributed by atoms with Crippen LogP contribution in [0.15, 0.2) is 48.5 Å². The fourth-order valence-electron chi connectivity index (χ4n) is 1.85. The van der Waals surface area contributed by atoms with Gasteiger partial charge < -0.3 is 9.47 Å². The molecule has 0 aliphatic carbocycles. The standard InChI is InChI=1S/C18H17ClO4/c1-12(20)13-5-4-6-16(11-13)22-17(21)18(2,3)23-15-9-7-14(19)8-10-15/h4-11H,1-3H3. The summed E-state index contributed by atoms with van der Waals surface area (Å²) in [5, 5.41) is 0.582. The number of halogens is 1. The first kappa shape index (κ1) is 17.0. The van der Waals surface area contributed by atoms with Crippen molar-refractivity contribution in [1.29, 1.82) is 0 Å². The maximum atomic E-state index is 12.3. The van der Waals surface area contributed by atoms with E-state index in [4.69, 9.17) is 21.1 Å². The van der Waals surface area contributed by atoms with E-state index in [0.717, 1.165) is 0 Å². The number of carbonyl (C=O) groups is 2. The Morgan fingerprint density at radius 1 is 1.00 bits per heavy atom. The Morgan fingerprint density at radius 3 is 2.26 bits per heavy atom. The van der Waals surface area contributed by atoms with E-state index in [1.807, 2.05) is 0 Å². The van der Waals surface area contributed by atoms with E-state index in [2.05, 4.69) is 0 Å². The summed E-state index contributed by atoms with van der Waals surface area (Å²) in [6.07, 6.45) is 0. The molecule has 120 valence electrons. The minimum atomic E-state index is -1.19. The van der Waals surface area contributed by atoms with Crippen molar-refractivity contribution in [2.45, 2.75) is 26.4 Å². The van der Waals surface area contributed by atoms with Crippen molar-refractivity contribution >= 4 is 23.4 Å². The summed E-state index contributed by atoms with van der Waals surface area (Å²) in [7, 11) is 0. The van der Waals surface area contributed by atoms with Gasteiger partial charge in [0.25, 0.3) is 0 Å². The second kappa shape index (κ2) is 6.84. The van der Waals surface area contributed by atoms with Gasteiger partial charge in [0.1, 0.15) is 11.5 Å². The molecule has 0 aromatic heterocycles. The second-order valence-corrected chi connectivity index (χ2v) is 5.98. The Bertz CT molecular complexity index is 720. The SMILES string of the molecule is CC(=O)c1cccc(OC(=O)C(C)(C)Oc2ccc(Cl)cc2)c1. The molecule has 0 saturated carbocycles. The number of hydrogen-bond acceptors (Lipinski definition) is 4. The Hall–Kier alpha value is -2.33. The van der Waals surface area contributed by atoms with Gasteiger partial charge >= 0.3 is 5.97 Å². The predicted molar refractivity (Wildman–Crippen MR) is 88.2 cm³/mol. The number of esters is 1. The lowest BCUT2D eigenvalue weighted by Crippen LogP contribution is -2.41. The monoisotopic (exact) mass is 332 g/mol. The maximum absolute atomic E-state index is 12.3. The van der Waals surface area contributed by atoms with Crippen LogP contribution < -0.4 is 9.47 Å². The Labute approximate surface area is 140 Å². The molecule has 0 radical (unpaired) electrons. The van der Waals surface area contributed by atoms with E-state index in [9.17, 15) is 9.59 Å². The van der Waals surface area contributed by atoms with Crippen molar-refractivity contribution in [3.05, 3.63) is 59.1 Å². The summed E-state index contributed by atoms with van der Waals surface area (Å²) in [6, 6.07) is 13.2. The zero-order chi connectivity index (χ0) is 17.0. The van der Waals surface area contributed by atoms with Gasteiger partial charge in [-0.2, -0.15) is 0 Å². The zero-order valence-corrected chi connectivity index (χ0v) is 13.9.